The number of likely N-dealkylation sites (tertiary alicyclic amines) is 1. The summed E-state index contributed by atoms with van der Waals surface area (Å²) in [5, 5.41) is 8.66. The predicted molar refractivity (Wildman–Crippen MR) is 189 cm³/mol. The van der Waals surface area contributed by atoms with Gasteiger partial charge in [0.2, 0.25) is 23.6 Å². The number of unbranched alkanes of at least 4 members (excludes halogenated alkanes) is 1. The number of esters is 1. The Morgan fingerprint density at radius 2 is 1.34 bits per heavy atom. The lowest BCUT2D eigenvalue weighted by atomic mass is 9.88. The molecule has 0 unspecified atom stereocenters. The standard InChI is InChI=1S/C37H53N7O6/c1-50-36(49)37(40)17-20-44(21-18-37)35(48)29(14-8-9-19-38)41-33(46)31(24-27-15-16-27)43-34(47)30(23-26-12-6-3-7-13-26)42-32(45)28(39)22-25-10-4-2-5-11-25/h2-7,10-13,27-31H,8-9,14-24,38-40H2,1H3,(H,41,46)(H,42,45)(H,43,47)/t28-,29-,30-,31-/m1/s1. The van der Waals surface area contributed by atoms with Gasteiger partial charge in [0.25, 0.3) is 0 Å². The van der Waals surface area contributed by atoms with Crippen LogP contribution in [0.15, 0.2) is 60.7 Å². The number of methoxy groups -OCH3 is 1. The van der Waals surface area contributed by atoms with E-state index in [0.29, 0.717) is 38.6 Å². The van der Waals surface area contributed by atoms with Crippen molar-refractivity contribution in [3.05, 3.63) is 71.8 Å². The molecule has 1 aliphatic carbocycles. The van der Waals surface area contributed by atoms with Crippen molar-refractivity contribution in [3.63, 3.8) is 0 Å². The van der Waals surface area contributed by atoms with Gasteiger partial charge in [0.1, 0.15) is 23.7 Å². The molecule has 4 amide bonds. The van der Waals surface area contributed by atoms with Gasteiger partial charge < -0.3 is 42.8 Å². The maximum absolute atomic E-state index is 13.9. The second-order valence-corrected chi connectivity index (χ2v) is 13.6. The fourth-order valence-electron chi connectivity index (χ4n) is 6.27. The van der Waals surface area contributed by atoms with Gasteiger partial charge in [-0.25, -0.2) is 0 Å². The Labute approximate surface area is 294 Å². The average molecular weight is 692 g/mol. The van der Waals surface area contributed by atoms with E-state index in [1.54, 1.807) is 4.90 Å². The van der Waals surface area contributed by atoms with Crippen LogP contribution in [0.25, 0.3) is 0 Å². The summed E-state index contributed by atoms with van der Waals surface area (Å²) in [7, 11) is 1.28. The van der Waals surface area contributed by atoms with Gasteiger partial charge >= 0.3 is 5.97 Å². The van der Waals surface area contributed by atoms with Crippen molar-refractivity contribution in [2.45, 2.75) is 93.9 Å². The number of nitrogens with zero attached hydrogens (tertiary/aromatic N) is 1. The van der Waals surface area contributed by atoms with Crippen LogP contribution >= 0.6 is 0 Å². The Morgan fingerprint density at radius 3 is 1.90 bits per heavy atom. The molecule has 2 aromatic carbocycles. The predicted octanol–water partition coefficient (Wildman–Crippen LogP) is 0.676. The molecule has 0 radical (unpaired) electrons. The number of carbonyl (C=O) groups excluding carboxylic acids is 5. The molecule has 4 atom stereocenters. The molecule has 9 N–H and O–H groups in total. The van der Waals surface area contributed by atoms with E-state index in [1.165, 1.54) is 7.11 Å². The van der Waals surface area contributed by atoms with E-state index < -0.39 is 53.4 Å². The zero-order valence-corrected chi connectivity index (χ0v) is 29.0. The molecule has 272 valence electrons. The van der Waals surface area contributed by atoms with Crippen molar-refractivity contribution >= 4 is 29.6 Å². The van der Waals surface area contributed by atoms with Crippen LogP contribution in [0, 0.1) is 5.92 Å². The number of benzene rings is 2. The fourth-order valence-corrected chi connectivity index (χ4v) is 6.27. The first-order chi connectivity index (χ1) is 24.0. The second-order valence-electron chi connectivity index (χ2n) is 13.6. The van der Waals surface area contributed by atoms with Crippen molar-refractivity contribution < 1.29 is 28.7 Å². The molecule has 13 nitrogen and oxygen atoms in total. The van der Waals surface area contributed by atoms with Crippen LogP contribution in [0.1, 0.15) is 62.5 Å². The molecule has 2 fully saturated rings. The smallest absolute Gasteiger partial charge is 0.325 e. The van der Waals surface area contributed by atoms with Crippen LogP contribution < -0.4 is 33.2 Å². The molecule has 0 spiro atoms. The fraction of sp³-hybridized carbons (Fsp3) is 0.541. The summed E-state index contributed by atoms with van der Waals surface area (Å²) in [6, 6.07) is 15.0. The summed E-state index contributed by atoms with van der Waals surface area (Å²) < 4.78 is 4.86. The molecule has 2 aliphatic rings. The lowest BCUT2D eigenvalue weighted by Gasteiger charge is -2.38. The maximum atomic E-state index is 13.9. The first-order valence-corrected chi connectivity index (χ1v) is 17.6. The Balaban J connectivity index is 1.46. The van der Waals surface area contributed by atoms with Crippen LogP contribution in [0.2, 0.25) is 0 Å². The number of rotatable bonds is 18. The van der Waals surface area contributed by atoms with Gasteiger partial charge in [-0.1, -0.05) is 73.5 Å². The highest BCUT2D eigenvalue weighted by Crippen LogP contribution is 2.33. The van der Waals surface area contributed by atoms with Crippen LogP contribution in [-0.2, 0) is 41.6 Å². The minimum Gasteiger partial charge on any atom is -0.468 e. The zero-order chi connectivity index (χ0) is 36.1. The van der Waals surface area contributed by atoms with Crippen molar-refractivity contribution in [2.24, 2.45) is 23.1 Å². The van der Waals surface area contributed by atoms with Crippen LogP contribution in [0.5, 0.6) is 0 Å². The van der Waals surface area contributed by atoms with Gasteiger partial charge in [-0.3, -0.25) is 24.0 Å². The van der Waals surface area contributed by atoms with E-state index in [2.05, 4.69) is 16.0 Å². The van der Waals surface area contributed by atoms with E-state index >= 15 is 0 Å². The summed E-state index contributed by atoms with van der Waals surface area (Å²) in [4.78, 5) is 68.7. The lowest BCUT2D eigenvalue weighted by Crippen LogP contribution is -2.61. The van der Waals surface area contributed by atoms with E-state index in [9.17, 15) is 24.0 Å². The normalized spacial score (nSPS) is 17.8. The van der Waals surface area contributed by atoms with Crippen molar-refractivity contribution in [3.8, 4) is 0 Å². The number of nitrogens with two attached hydrogens (primary N) is 3. The number of hydrogen-bond acceptors (Lipinski definition) is 9. The van der Waals surface area contributed by atoms with Crippen LogP contribution in [-0.4, -0.2) is 90.9 Å². The third-order valence-corrected chi connectivity index (χ3v) is 9.57. The Hall–Kier alpha value is -4.33. The number of nitrogens with one attached hydrogen (secondary N) is 3. The van der Waals surface area contributed by atoms with Crippen LogP contribution in [0.3, 0.4) is 0 Å². The number of ether oxygens (including phenoxy) is 1. The summed E-state index contributed by atoms with van der Waals surface area (Å²) in [6.07, 6.45) is 4.87. The van der Waals surface area contributed by atoms with Gasteiger partial charge in [0.15, 0.2) is 0 Å². The van der Waals surface area contributed by atoms with E-state index in [1.807, 2.05) is 60.7 Å². The summed E-state index contributed by atoms with van der Waals surface area (Å²) in [6.45, 7) is 0.920. The molecular weight excluding hydrogens is 638 g/mol. The molecule has 2 aromatic rings. The Morgan fingerprint density at radius 1 is 0.800 bits per heavy atom. The number of carbonyl (C=O) groups is 5. The third-order valence-electron chi connectivity index (χ3n) is 9.57. The van der Waals surface area contributed by atoms with Crippen LogP contribution in [0.4, 0.5) is 0 Å². The highest BCUT2D eigenvalue weighted by Gasteiger charge is 2.41. The molecule has 0 bridgehead atoms. The highest BCUT2D eigenvalue weighted by molar-refractivity contribution is 5.95. The summed E-state index contributed by atoms with van der Waals surface area (Å²) >= 11 is 0. The highest BCUT2D eigenvalue weighted by atomic mass is 16.5. The monoisotopic (exact) mass is 691 g/mol. The molecule has 4 rings (SSSR count). The van der Waals surface area contributed by atoms with Gasteiger partial charge in [-0.15, -0.1) is 0 Å². The largest absolute Gasteiger partial charge is 0.468 e. The molecule has 1 saturated carbocycles. The maximum Gasteiger partial charge on any atom is 0.325 e. The van der Waals surface area contributed by atoms with Gasteiger partial charge in [0, 0.05) is 19.5 Å². The van der Waals surface area contributed by atoms with Gasteiger partial charge in [-0.05, 0) is 68.5 Å². The third kappa shape index (κ3) is 11.4. The molecule has 50 heavy (non-hydrogen) atoms. The molecule has 1 aliphatic heterocycles. The first kappa shape index (κ1) is 38.5. The number of piperidine rings is 1. The summed E-state index contributed by atoms with van der Waals surface area (Å²) in [5.74, 6) is -2.00. The van der Waals surface area contributed by atoms with Gasteiger partial charge in [0.05, 0.1) is 13.2 Å². The van der Waals surface area contributed by atoms with E-state index in [0.717, 1.165) is 24.0 Å². The quantitative estimate of drug-likeness (QED) is 0.0957. The Bertz CT molecular complexity index is 1430. The van der Waals surface area contributed by atoms with Crippen molar-refractivity contribution in [1.29, 1.82) is 0 Å². The van der Waals surface area contributed by atoms with E-state index in [4.69, 9.17) is 21.9 Å². The molecule has 13 heteroatoms. The topological polar surface area (TPSA) is 212 Å². The second kappa shape index (κ2) is 18.6. The summed E-state index contributed by atoms with van der Waals surface area (Å²) in [5.41, 5.74) is 18.8. The Kier molecular flexibility index (Phi) is 14.3. The molecule has 1 heterocycles. The number of hydrogen-bond donors (Lipinski definition) is 6. The first-order valence-electron chi connectivity index (χ1n) is 17.6. The average Bonchev–Trinajstić information content (AvgIpc) is 3.95. The van der Waals surface area contributed by atoms with Gasteiger partial charge in [-0.2, -0.15) is 0 Å². The zero-order valence-electron chi connectivity index (χ0n) is 29.0. The minimum atomic E-state index is -1.17. The molecular formula is C37H53N7O6. The molecule has 0 aromatic heterocycles. The lowest BCUT2D eigenvalue weighted by molar-refractivity contribution is -0.151. The van der Waals surface area contributed by atoms with Crippen molar-refractivity contribution in [2.75, 3.05) is 26.7 Å². The molecule has 1 saturated heterocycles. The minimum absolute atomic E-state index is 0.192. The SMILES string of the molecule is COC(=O)C1(N)CCN(C(=O)[C@@H](CCCCN)NC(=O)[C@@H](CC2CC2)NC(=O)[C@@H](Cc2ccccc2)NC(=O)[C@H](N)Cc2ccccc2)CC1. The van der Waals surface area contributed by atoms with E-state index in [-0.39, 0.29) is 44.2 Å². The number of amides is 4. The van der Waals surface area contributed by atoms with Crippen molar-refractivity contribution in [1.82, 2.24) is 20.9 Å².